The van der Waals surface area contributed by atoms with Crippen LogP contribution in [0.2, 0.25) is 0 Å². The molecule has 4 nitrogen and oxygen atoms in total. The van der Waals surface area contributed by atoms with E-state index in [1.165, 1.54) is 18.2 Å². The van der Waals surface area contributed by atoms with Crippen LogP contribution in [0, 0.1) is 5.82 Å². The van der Waals surface area contributed by atoms with Gasteiger partial charge in [0.1, 0.15) is 5.82 Å². The topological polar surface area (TPSA) is 58.4 Å². The summed E-state index contributed by atoms with van der Waals surface area (Å²) in [6.45, 7) is 2.79. The van der Waals surface area contributed by atoms with Gasteiger partial charge < -0.3 is 16.0 Å². The number of halogens is 1. The molecule has 0 bridgehead atoms. The van der Waals surface area contributed by atoms with Crippen molar-refractivity contribution in [1.82, 2.24) is 10.2 Å². The number of nitrogens with zero attached hydrogens (tertiary/aromatic N) is 1. The maximum atomic E-state index is 13.2. The summed E-state index contributed by atoms with van der Waals surface area (Å²) in [6, 6.07) is 4.25. The third-order valence-corrected chi connectivity index (χ3v) is 2.68. The number of nitrogens with two attached hydrogens (primary N) is 1. The minimum Gasteiger partial charge on any atom is -0.396 e. The Morgan fingerprint density at radius 3 is 2.78 bits per heavy atom. The van der Waals surface area contributed by atoms with E-state index < -0.39 is 5.82 Å². The van der Waals surface area contributed by atoms with Crippen molar-refractivity contribution in [3.63, 3.8) is 0 Å². The highest BCUT2D eigenvalue weighted by Crippen LogP contribution is 2.15. The molecular formula is C13H20FN3O. The summed E-state index contributed by atoms with van der Waals surface area (Å²) in [7, 11) is 3.94. The van der Waals surface area contributed by atoms with E-state index in [0.717, 1.165) is 13.0 Å². The van der Waals surface area contributed by atoms with Gasteiger partial charge in [0.2, 0.25) is 0 Å². The molecule has 18 heavy (non-hydrogen) atoms. The summed E-state index contributed by atoms with van der Waals surface area (Å²) in [6.07, 6.45) is 0.827. The number of benzene rings is 1. The van der Waals surface area contributed by atoms with Gasteiger partial charge in [-0.25, -0.2) is 4.39 Å². The van der Waals surface area contributed by atoms with Crippen LogP contribution < -0.4 is 11.1 Å². The molecule has 1 unspecified atom stereocenters. The Kier molecular flexibility index (Phi) is 5.09. The van der Waals surface area contributed by atoms with E-state index in [2.05, 4.69) is 5.32 Å². The fourth-order valence-corrected chi connectivity index (χ4v) is 1.56. The lowest BCUT2D eigenvalue weighted by Crippen LogP contribution is -2.35. The minimum absolute atomic E-state index is 0.0163. The molecule has 3 N–H and O–H groups in total. The molecule has 1 aromatic carbocycles. The van der Waals surface area contributed by atoms with Crippen molar-refractivity contribution in [2.45, 2.75) is 19.4 Å². The molecule has 0 saturated carbocycles. The summed E-state index contributed by atoms with van der Waals surface area (Å²) in [4.78, 5) is 13.9. The molecule has 0 aromatic heterocycles. The van der Waals surface area contributed by atoms with Crippen LogP contribution in [0.25, 0.3) is 0 Å². The van der Waals surface area contributed by atoms with Crippen LogP contribution in [0.5, 0.6) is 0 Å². The summed E-state index contributed by atoms with van der Waals surface area (Å²) in [5, 5.41) is 2.81. The molecule has 0 spiro atoms. The molecule has 0 heterocycles. The van der Waals surface area contributed by atoms with Crippen LogP contribution in [0.4, 0.5) is 10.1 Å². The van der Waals surface area contributed by atoms with Gasteiger partial charge in [0.15, 0.2) is 0 Å². The Morgan fingerprint density at radius 2 is 2.17 bits per heavy atom. The second-order valence-electron chi connectivity index (χ2n) is 4.67. The van der Waals surface area contributed by atoms with Crippen LogP contribution in [-0.4, -0.2) is 37.5 Å². The number of amides is 1. The smallest absolute Gasteiger partial charge is 0.253 e. The molecule has 100 valence electrons. The first-order valence-electron chi connectivity index (χ1n) is 5.91. The molecule has 1 atom stereocenters. The number of carbonyl (C=O) groups is 1. The second kappa shape index (κ2) is 6.35. The number of nitrogens with one attached hydrogen (secondary N) is 1. The Morgan fingerprint density at radius 1 is 1.50 bits per heavy atom. The number of rotatable bonds is 5. The average Bonchev–Trinajstić information content (AvgIpc) is 2.30. The lowest BCUT2D eigenvalue weighted by atomic mass is 10.1. The first-order chi connectivity index (χ1) is 8.41. The summed E-state index contributed by atoms with van der Waals surface area (Å²) >= 11 is 0. The Labute approximate surface area is 107 Å². The molecule has 5 heteroatoms. The van der Waals surface area contributed by atoms with Crippen LogP contribution in [0.15, 0.2) is 18.2 Å². The highest BCUT2D eigenvalue weighted by Gasteiger charge is 2.14. The zero-order valence-corrected chi connectivity index (χ0v) is 11.0. The molecule has 1 amide bonds. The van der Waals surface area contributed by atoms with Crippen molar-refractivity contribution in [2.75, 3.05) is 26.4 Å². The quantitative estimate of drug-likeness (QED) is 0.781. The molecule has 1 aromatic rings. The van der Waals surface area contributed by atoms with E-state index >= 15 is 0 Å². The van der Waals surface area contributed by atoms with Gasteiger partial charge in [-0.1, -0.05) is 6.07 Å². The number of para-hydroxylation sites is 1. The predicted octanol–water partition coefficient (Wildman–Crippen LogP) is 1.48. The van der Waals surface area contributed by atoms with Crippen molar-refractivity contribution in [1.29, 1.82) is 0 Å². The first kappa shape index (κ1) is 14.4. The fourth-order valence-electron chi connectivity index (χ4n) is 1.56. The third kappa shape index (κ3) is 4.00. The predicted molar refractivity (Wildman–Crippen MR) is 70.9 cm³/mol. The summed E-state index contributed by atoms with van der Waals surface area (Å²) in [5.41, 5.74) is 5.62. The third-order valence-electron chi connectivity index (χ3n) is 2.68. The normalized spacial score (nSPS) is 12.5. The SMILES string of the molecule is CC(CCN(C)C)NC(=O)c1cccc(F)c1N. The van der Waals surface area contributed by atoms with Crippen molar-refractivity contribution in [3.8, 4) is 0 Å². The van der Waals surface area contributed by atoms with Gasteiger partial charge in [0, 0.05) is 6.04 Å². The van der Waals surface area contributed by atoms with Gasteiger partial charge in [0.05, 0.1) is 11.3 Å². The number of anilines is 1. The minimum atomic E-state index is -0.566. The maximum Gasteiger partial charge on any atom is 0.253 e. The highest BCUT2D eigenvalue weighted by atomic mass is 19.1. The number of carbonyl (C=O) groups excluding carboxylic acids is 1. The van der Waals surface area contributed by atoms with Crippen LogP contribution in [0.1, 0.15) is 23.7 Å². The van der Waals surface area contributed by atoms with E-state index in [1.807, 2.05) is 25.9 Å². The van der Waals surface area contributed by atoms with Crippen molar-refractivity contribution in [2.24, 2.45) is 0 Å². The Bertz CT molecular complexity index is 421. The van der Waals surface area contributed by atoms with Gasteiger partial charge in [-0.3, -0.25) is 4.79 Å². The van der Waals surface area contributed by atoms with Gasteiger partial charge in [0.25, 0.3) is 5.91 Å². The monoisotopic (exact) mass is 253 g/mol. The van der Waals surface area contributed by atoms with E-state index in [4.69, 9.17) is 5.73 Å². The van der Waals surface area contributed by atoms with Crippen molar-refractivity contribution < 1.29 is 9.18 Å². The van der Waals surface area contributed by atoms with Crippen molar-refractivity contribution >= 4 is 11.6 Å². The van der Waals surface area contributed by atoms with Crippen LogP contribution in [0.3, 0.4) is 0 Å². The van der Waals surface area contributed by atoms with Gasteiger partial charge >= 0.3 is 0 Å². The molecular weight excluding hydrogens is 233 g/mol. The van der Waals surface area contributed by atoms with E-state index in [1.54, 1.807) is 0 Å². The highest BCUT2D eigenvalue weighted by molar-refractivity contribution is 5.99. The van der Waals surface area contributed by atoms with E-state index in [0.29, 0.717) is 0 Å². The first-order valence-corrected chi connectivity index (χ1v) is 5.91. The zero-order chi connectivity index (χ0) is 13.7. The lowest BCUT2D eigenvalue weighted by Gasteiger charge is -2.17. The van der Waals surface area contributed by atoms with Crippen molar-refractivity contribution in [3.05, 3.63) is 29.6 Å². The van der Waals surface area contributed by atoms with Gasteiger partial charge in [-0.05, 0) is 46.1 Å². The molecule has 1 rings (SSSR count). The van der Waals surface area contributed by atoms with Crippen LogP contribution in [-0.2, 0) is 0 Å². The maximum absolute atomic E-state index is 13.2. The fraction of sp³-hybridized carbons (Fsp3) is 0.462. The number of hydrogen-bond donors (Lipinski definition) is 2. The Hall–Kier alpha value is -1.62. The number of hydrogen-bond acceptors (Lipinski definition) is 3. The van der Waals surface area contributed by atoms with Gasteiger partial charge in [-0.2, -0.15) is 0 Å². The van der Waals surface area contributed by atoms with E-state index in [-0.39, 0.29) is 23.2 Å². The lowest BCUT2D eigenvalue weighted by molar-refractivity contribution is 0.0937. The van der Waals surface area contributed by atoms with Crippen LogP contribution >= 0.6 is 0 Å². The largest absolute Gasteiger partial charge is 0.396 e. The molecule has 0 fully saturated rings. The number of nitrogen functional groups attached to an aromatic ring is 1. The zero-order valence-electron chi connectivity index (χ0n) is 11.0. The summed E-state index contributed by atoms with van der Waals surface area (Å²) in [5.74, 6) is -0.901. The molecule has 0 aliphatic carbocycles. The second-order valence-corrected chi connectivity index (χ2v) is 4.67. The average molecular weight is 253 g/mol. The molecule has 0 aliphatic rings. The summed E-state index contributed by atoms with van der Waals surface area (Å²) < 4.78 is 13.2. The standard InChI is InChI=1S/C13H20FN3O/c1-9(7-8-17(2)3)16-13(18)10-5-4-6-11(14)12(10)15/h4-6,9H,7-8,15H2,1-3H3,(H,16,18). The van der Waals surface area contributed by atoms with E-state index in [9.17, 15) is 9.18 Å². The van der Waals surface area contributed by atoms with Gasteiger partial charge in [-0.15, -0.1) is 0 Å². The molecule has 0 radical (unpaired) electrons. The Balaban J connectivity index is 2.62. The molecule has 0 saturated heterocycles. The molecule has 0 aliphatic heterocycles.